The van der Waals surface area contributed by atoms with Crippen molar-refractivity contribution in [1.29, 1.82) is 0 Å². The molecule has 0 amide bonds. The summed E-state index contributed by atoms with van der Waals surface area (Å²) in [5, 5.41) is 14.0. The normalized spacial score (nSPS) is 15.4. The second kappa shape index (κ2) is 4.46. The van der Waals surface area contributed by atoms with E-state index in [-0.39, 0.29) is 5.92 Å². The van der Waals surface area contributed by atoms with Crippen molar-refractivity contribution in [1.82, 2.24) is 9.78 Å². The van der Waals surface area contributed by atoms with E-state index in [1.165, 1.54) is 0 Å². The Kier molecular flexibility index (Phi) is 3.52. The van der Waals surface area contributed by atoms with Crippen molar-refractivity contribution in [2.75, 3.05) is 5.73 Å². The summed E-state index contributed by atoms with van der Waals surface area (Å²) < 4.78 is 1.58. The number of hydrogen-bond acceptors (Lipinski definition) is 3. The molecule has 0 spiro atoms. The predicted molar refractivity (Wildman–Crippen MR) is 56.7 cm³/mol. The van der Waals surface area contributed by atoms with Crippen LogP contribution in [0.25, 0.3) is 0 Å². The molecule has 3 N–H and O–H groups in total. The summed E-state index contributed by atoms with van der Waals surface area (Å²) in [6.45, 7) is 4.14. The molecular weight excluding hydrogens is 178 g/mol. The Bertz CT molecular complexity index is 296. The van der Waals surface area contributed by atoms with Crippen LogP contribution in [0.3, 0.4) is 0 Å². The molecule has 0 aromatic carbocycles. The van der Waals surface area contributed by atoms with Crippen LogP contribution in [-0.2, 0) is 7.05 Å². The number of aliphatic hydroxyl groups excluding tert-OH is 1. The number of nitrogens with zero attached hydrogens (tertiary/aromatic N) is 2. The van der Waals surface area contributed by atoms with Gasteiger partial charge >= 0.3 is 0 Å². The van der Waals surface area contributed by atoms with Gasteiger partial charge in [-0.25, -0.2) is 0 Å². The van der Waals surface area contributed by atoms with Gasteiger partial charge in [0.1, 0.15) is 5.82 Å². The highest BCUT2D eigenvalue weighted by atomic mass is 16.3. The zero-order valence-corrected chi connectivity index (χ0v) is 9.07. The lowest BCUT2D eigenvalue weighted by Gasteiger charge is -2.17. The molecule has 0 saturated carbocycles. The van der Waals surface area contributed by atoms with Gasteiger partial charge in [0.25, 0.3) is 0 Å². The standard InChI is InChI=1S/C10H19N3O/c1-4-5-7(2)9(14)8-6-12-13(3)10(8)11/h6-7,9,14H,4-5,11H2,1-3H3. The van der Waals surface area contributed by atoms with E-state index in [2.05, 4.69) is 12.0 Å². The number of hydrogen-bond donors (Lipinski definition) is 2. The summed E-state index contributed by atoms with van der Waals surface area (Å²) in [6.07, 6.45) is 3.21. The number of rotatable bonds is 4. The molecule has 2 unspecified atom stereocenters. The van der Waals surface area contributed by atoms with Gasteiger partial charge in [-0.05, 0) is 12.3 Å². The van der Waals surface area contributed by atoms with E-state index >= 15 is 0 Å². The molecule has 4 heteroatoms. The average molecular weight is 197 g/mol. The van der Waals surface area contributed by atoms with Gasteiger partial charge in [-0.15, -0.1) is 0 Å². The van der Waals surface area contributed by atoms with E-state index in [1.54, 1.807) is 17.9 Å². The van der Waals surface area contributed by atoms with Gasteiger partial charge in [0.2, 0.25) is 0 Å². The maximum atomic E-state index is 9.98. The van der Waals surface area contributed by atoms with E-state index in [0.717, 1.165) is 18.4 Å². The molecule has 14 heavy (non-hydrogen) atoms. The Balaban J connectivity index is 2.78. The number of anilines is 1. The Morgan fingerprint density at radius 2 is 2.29 bits per heavy atom. The van der Waals surface area contributed by atoms with E-state index in [0.29, 0.717) is 5.82 Å². The fourth-order valence-corrected chi connectivity index (χ4v) is 1.61. The molecule has 0 bridgehead atoms. The summed E-state index contributed by atoms with van der Waals surface area (Å²) in [7, 11) is 1.77. The van der Waals surface area contributed by atoms with Crippen molar-refractivity contribution in [3.8, 4) is 0 Å². The molecule has 1 aromatic heterocycles. The predicted octanol–water partition coefficient (Wildman–Crippen LogP) is 1.47. The highest BCUT2D eigenvalue weighted by Crippen LogP contribution is 2.28. The third kappa shape index (κ3) is 2.07. The molecule has 0 fully saturated rings. The Labute approximate surface area is 84.7 Å². The molecule has 1 aromatic rings. The molecule has 1 heterocycles. The van der Waals surface area contributed by atoms with Gasteiger partial charge in [0.15, 0.2) is 0 Å². The number of aromatic nitrogens is 2. The molecule has 0 aliphatic heterocycles. The monoisotopic (exact) mass is 197 g/mol. The molecular formula is C10H19N3O. The number of nitrogen functional groups attached to an aromatic ring is 1. The summed E-state index contributed by atoms with van der Waals surface area (Å²) >= 11 is 0. The second-order valence-electron chi connectivity index (χ2n) is 3.82. The Morgan fingerprint density at radius 1 is 1.64 bits per heavy atom. The number of nitrogens with two attached hydrogens (primary N) is 1. The average Bonchev–Trinajstić information content (AvgIpc) is 2.47. The van der Waals surface area contributed by atoms with Crippen molar-refractivity contribution in [2.45, 2.75) is 32.8 Å². The van der Waals surface area contributed by atoms with Crippen molar-refractivity contribution >= 4 is 5.82 Å². The molecule has 2 atom stereocenters. The Hall–Kier alpha value is -1.03. The first kappa shape index (κ1) is 11.0. The topological polar surface area (TPSA) is 64.1 Å². The lowest BCUT2D eigenvalue weighted by Crippen LogP contribution is -2.11. The molecule has 0 aliphatic carbocycles. The van der Waals surface area contributed by atoms with Crippen LogP contribution in [0.4, 0.5) is 5.82 Å². The highest BCUT2D eigenvalue weighted by Gasteiger charge is 2.20. The first-order valence-electron chi connectivity index (χ1n) is 5.03. The van der Waals surface area contributed by atoms with E-state index in [9.17, 15) is 5.11 Å². The van der Waals surface area contributed by atoms with Crippen LogP contribution in [0.1, 0.15) is 38.4 Å². The number of aliphatic hydroxyl groups is 1. The van der Waals surface area contributed by atoms with Crippen LogP contribution in [-0.4, -0.2) is 14.9 Å². The summed E-state index contributed by atoms with van der Waals surface area (Å²) in [5.41, 5.74) is 6.52. The number of aryl methyl sites for hydroxylation is 1. The third-order valence-electron chi connectivity index (χ3n) is 2.62. The van der Waals surface area contributed by atoms with E-state index in [1.807, 2.05) is 6.92 Å². The zero-order valence-electron chi connectivity index (χ0n) is 9.07. The van der Waals surface area contributed by atoms with Crippen molar-refractivity contribution < 1.29 is 5.11 Å². The summed E-state index contributed by atoms with van der Waals surface area (Å²) in [6, 6.07) is 0. The third-order valence-corrected chi connectivity index (χ3v) is 2.62. The van der Waals surface area contributed by atoms with Gasteiger partial charge in [-0.1, -0.05) is 20.3 Å². The minimum Gasteiger partial charge on any atom is -0.388 e. The molecule has 0 saturated heterocycles. The smallest absolute Gasteiger partial charge is 0.127 e. The van der Waals surface area contributed by atoms with Gasteiger partial charge < -0.3 is 10.8 Å². The van der Waals surface area contributed by atoms with Gasteiger partial charge in [-0.3, -0.25) is 4.68 Å². The van der Waals surface area contributed by atoms with E-state index in [4.69, 9.17) is 5.73 Å². The minimum absolute atomic E-state index is 0.228. The van der Waals surface area contributed by atoms with Crippen molar-refractivity contribution in [3.05, 3.63) is 11.8 Å². The van der Waals surface area contributed by atoms with Crippen molar-refractivity contribution in [3.63, 3.8) is 0 Å². The van der Waals surface area contributed by atoms with Crippen LogP contribution >= 0.6 is 0 Å². The van der Waals surface area contributed by atoms with Crippen LogP contribution in [0.5, 0.6) is 0 Å². The fraction of sp³-hybridized carbons (Fsp3) is 0.700. The molecule has 4 nitrogen and oxygen atoms in total. The van der Waals surface area contributed by atoms with Crippen molar-refractivity contribution in [2.24, 2.45) is 13.0 Å². The Morgan fingerprint density at radius 3 is 2.71 bits per heavy atom. The van der Waals surface area contributed by atoms with Gasteiger partial charge in [0, 0.05) is 12.6 Å². The molecule has 0 aliphatic rings. The van der Waals surface area contributed by atoms with Crippen LogP contribution in [0.15, 0.2) is 6.20 Å². The van der Waals surface area contributed by atoms with E-state index < -0.39 is 6.10 Å². The summed E-state index contributed by atoms with van der Waals surface area (Å²) in [4.78, 5) is 0. The lowest BCUT2D eigenvalue weighted by atomic mass is 9.95. The maximum Gasteiger partial charge on any atom is 0.127 e. The molecule has 0 radical (unpaired) electrons. The zero-order chi connectivity index (χ0) is 10.7. The lowest BCUT2D eigenvalue weighted by molar-refractivity contribution is 0.113. The molecule has 1 rings (SSSR count). The van der Waals surface area contributed by atoms with Crippen LogP contribution in [0.2, 0.25) is 0 Å². The largest absolute Gasteiger partial charge is 0.388 e. The fourth-order valence-electron chi connectivity index (χ4n) is 1.61. The highest BCUT2D eigenvalue weighted by molar-refractivity contribution is 5.40. The van der Waals surface area contributed by atoms with Crippen LogP contribution in [0, 0.1) is 5.92 Å². The molecule has 80 valence electrons. The quantitative estimate of drug-likeness (QED) is 0.768. The minimum atomic E-state index is -0.497. The first-order valence-corrected chi connectivity index (χ1v) is 5.03. The maximum absolute atomic E-state index is 9.98. The SMILES string of the molecule is CCCC(C)C(O)c1cnn(C)c1N. The van der Waals surface area contributed by atoms with Gasteiger partial charge in [-0.2, -0.15) is 5.10 Å². The first-order chi connectivity index (χ1) is 6.57. The second-order valence-corrected chi connectivity index (χ2v) is 3.82. The van der Waals surface area contributed by atoms with Gasteiger partial charge in [0.05, 0.1) is 12.3 Å². The van der Waals surface area contributed by atoms with Crippen LogP contribution < -0.4 is 5.73 Å². The summed E-state index contributed by atoms with van der Waals surface area (Å²) in [5.74, 6) is 0.784.